The lowest BCUT2D eigenvalue weighted by Gasteiger charge is -2.27. The van der Waals surface area contributed by atoms with Crippen LogP contribution in [0.2, 0.25) is 0 Å². The highest BCUT2D eigenvalue weighted by Crippen LogP contribution is 2.23. The van der Waals surface area contributed by atoms with Gasteiger partial charge in [-0.1, -0.05) is 30.3 Å². The molecule has 3 rings (SSSR count). The molecule has 0 radical (unpaired) electrons. The van der Waals surface area contributed by atoms with Gasteiger partial charge in [0.25, 0.3) is 0 Å². The predicted octanol–water partition coefficient (Wildman–Crippen LogP) is 3.01. The number of nitrogens with zero attached hydrogens (tertiary/aromatic N) is 2. The number of hydrogen-bond donors (Lipinski definition) is 1. The van der Waals surface area contributed by atoms with Crippen molar-refractivity contribution in [3.05, 3.63) is 35.9 Å². The minimum absolute atomic E-state index is 0. The highest BCUT2D eigenvalue weighted by molar-refractivity contribution is 5.85. The Hall–Kier alpha value is -0.810. The molecular formula is C18H29Cl2N3O. The van der Waals surface area contributed by atoms with E-state index in [1.54, 1.807) is 0 Å². The van der Waals surface area contributed by atoms with E-state index in [0.717, 1.165) is 31.5 Å². The minimum Gasteiger partial charge on any atom is -0.341 e. The molecule has 0 spiro atoms. The van der Waals surface area contributed by atoms with E-state index in [4.69, 9.17) is 5.73 Å². The lowest BCUT2D eigenvalue weighted by Crippen LogP contribution is -2.40. The van der Waals surface area contributed by atoms with Gasteiger partial charge in [-0.25, -0.2) is 0 Å². The molecule has 6 heteroatoms. The van der Waals surface area contributed by atoms with Crippen LogP contribution < -0.4 is 5.73 Å². The predicted molar refractivity (Wildman–Crippen MR) is 103 cm³/mol. The highest BCUT2D eigenvalue weighted by Gasteiger charge is 2.28. The summed E-state index contributed by atoms with van der Waals surface area (Å²) in [5.41, 5.74) is 7.09. The first-order valence-corrected chi connectivity index (χ1v) is 8.59. The van der Waals surface area contributed by atoms with Gasteiger partial charge in [-0.3, -0.25) is 4.79 Å². The summed E-state index contributed by atoms with van der Waals surface area (Å²) in [4.78, 5) is 17.3. The zero-order valence-corrected chi connectivity index (χ0v) is 15.7. The molecule has 2 atom stereocenters. The van der Waals surface area contributed by atoms with Gasteiger partial charge < -0.3 is 15.5 Å². The number of rotatable bonds is 3. The molecule has 24 heavy (non-hydrogen) atoms. The zero-order chi connectivity index (χ0) is 15.4. The fourth-order valence-electron chi connectivity index (χ4n) is 3.77. The molecule has 2 N–H and O–H groups in total. The van der Waals surface area contributed by atoms with Crippen molar-refractivity contribution < 1.29 is 4.79 Å². The number of amides is 1. The van der Waals surface area contributed by atoms with E-state index in [1.165, 1.54) is 32.4 Å². The number of benzene rings is 1. The molecule has 2 aliphatic heterocycles. The highest BCUT2D eigenvalue weighted by atomic mass is 35.5. The molecule has 0 bridgehead atoms. The number of halogens is 2. The van der Waals surface area contributed by atoms with Crippen LogP contribution >= 0.6 is 24.8 Å². The molecule has 2 aliphatic rings. The Balaban J connectivity index is 0.00000144. The van der Waals surface area contributed by atoms with Crippen LogP contribution in [0, 0.1) is 0 Å². The molecule has 0 saturated carbocycles. The van der Waals surface area contributed by atoms with Gasteiger partial charge in [-0.2, -0.15) is 0 Å². The van der Waals surface area contributed by atoms with Crippen LogP contribution in [0.5, 0.6) is 0 Å². The fourth-order valence-corrected chi connectivity index (χ4v) is 3.77. The first kappa shape index (κ1) is 21.2. The third-order valence-corrected chi connectivity index (χ3v) is 5.09. The average Bonchev–Trinajstić information content (AvgIpc) is 2.99. The monoisotopic (exact) mass is 373 g/mol. The molecule has 0 aliphatic carbocycles. The van der Waals surface area contributed by atoms with Gasteiger partial charge in [0, 0.05) is 19.1 Å². The van der Waals surface area contributed by atoms with Crippen molar-refractivity contribution in [2.45, 2.75) is 44.2 Å². The normalized spacial score (nSPS) is 22.9. The molecule has 2 heterocycles. The molecule has 1 aromatic carbocycles. The van der Waals surface area contributed by atoms with E-state index < -0.39 is 6.04 Å². The molecule has 2 saturated heterocycles. The number of carbonyl (C=O) groups is 1. The number of nitrogens with two attached hydrogens (primary N) is 1. The quantitative estimate of drug-likeness (QED) is 0.885. The second-order valence-electron chi connectivity index (χ2n) is 6.54. The van der Waals surface area contributed by atoms with E-state index in [0.29, 0.717) is 6.04 Å². The van der Waals surface area contributed by atoms with E-state index in [2.05, 4.69) is 4.90 Å². The Kier molecular flexibility index (Phi) is 9.06. The summed E-state index contributed by atoms with van der Waals surface area (Å²) in [5, 5.41) is 0. The Morgan fingerprint density at radius 3 is 2.29 bits per heavy atom. The molecule has 136 valence electrons. The summed E-state index contributed by atoms with van der Waals surface area (Å²) in [6.07, 6.45) is 6.06. The van der Waals surface area contributed by atoms with Crippen molar-refractivity contribution in [3.63, 3.8) is 0 Å². The van der Waals surface area contributed by atoms with Gasteiger partial charge in [0.1, 0.15) is 6.04 Å². The van der Waals surface area contributed by atoms with Crippen LogP contribution in [0.3, 0.4) is 0 Å². The molecule has 4 nitrogen and oxygen atoms in total. The maximum atomic E-state index is 12.7. The SMILES string of the molecule is Cl.Cl.NC(C(=O)N1CCCC(N2CCCC2)CC1)c1ccccc1. The first-order valence-electron chi connectivity index (χ1n) is 8.59. The van der Waals surface area contributed by atoms with Gasteiger partial charge >= 0.3 is 0 Å². The number of hydrogen-bond acceptors (Lipinski definition) is 3. The maximum Gasteiger partial charge on any atom is 0.244 e. The number of likely N-dealkylation sites (tertiary alicyclic amines) is 2. The van der Waals surface area contributed by atoms with E-state index in [9.17, 15) is 4.79 Å². The van der Waals surface area contributed by atoms with Crippen LogP contribution in [-0.2, 0) is 4.79 Å². The summed E-state index contributed by atoms with van der Waals surface area (Å²) in [6.45, 7) is 4.18. The molecule has 2 fully saturated rings. The van der Waals surface area contributed by atoms with Gasteiger partial charge in [0.05, 0.1) is 0 Å². The van der Waals surface area contributed by atoms with Gasteiger partial charge in [-0.15, -0.1) is 24.8 Å². The summed E-state index contributed by atoms with van der Waals surface area (Å²) in [6, 6.07) is 9.84. The lowest BCUT2D eigenvalue weighted by molar-refractivity contribution is -0.132. The van der Waals surface area contributed by atoms with Crippen molar-refractivity contribution >= 4 is 30.7 Å². The standard InChI is InChI=1S/C18H27N3O.2ClH/c19-17(15-7-2-1-3-8-15)18(22)21-13-6-9-16(10-14-21)20-11-4-5-12-20;;/h1-3,7-8,16-17H,4-6,9-14,19H2;2*1H. The summed E-state index contributed by atoms with van der Waals surface area (Å²) in [5.74, 6) is 0.0771. The second kappa shape index (κ2) is 10.2. The first-order chi connectivity index (χ1) is 10.8. The van der Waals surface area contributed by atoms with Crippen molar-refractivity contribution in [1.82, 2.24) is 9.80 Å². The van der Waals surface area contributed by atoms with Crippen LogP contribution in [0.4, 0.5) is 0 Å². The topological polar surface area (TPSA) is 49.6 Å². The Morgan fingerprint density at radius 1 is 0.958 bits per heavy atom. The largest absolute Gasteiger partial charge is 0.341 e. The summed E-state index contributed by atoms with van der Waals surface area (Å²) in [7, 11) is 0. The van der Waals surface area contributed by atoms with Crippen LogP contribution in [0.25, 0.3) is 0 Å². The van der Waals surface area contributed by atoms with E-state index >= 15 is 0 Å². The minimum atomic E-state index is -0.524. The van der Waals surface area contributed by atoms with Gasteiger partial charge in [-0.05, 0) is 50.8 Å². The zero-order valence-electron chi connectivity index (χ0n) is 14.1. The molecular weight excluding hydrogens is 345 g/mol. The summed E-state index contributed by atoms with van der Waals surface area (Å²) < 4.78 is 0. The number of carbonyl (C=O) groups excluding carboxylic acids is 1. The van der Waals surface area contributed by atoms with Crippen molar-refractivity contribution in [3.8, 4) is 0 Å². The van der Waals surface area contributed by atoms with Crippen LogP contribution in [0.1, 0.15) is 43.7 Å². The third-order valence-electron chi connectivity index (χ3n) is 5.09. The third kappa shape index (κ3) is 5.09. The smallest absolute Gasteiger partial charge is 0.244 e. The Bertz CT molecular complexity index is 494. The fraction of sp³-hybridized carbons (Fsp3) is 0.611. The second-order valence-corrected chi connectivity index (χ2v) is 6.54. The van der Waals surface area contributed by atoms with Gasteiger partial charge in [0.2, 0.25) is 5.91 Å². The van der Waals surface area contributed by atoms with E-state index in [-0.39, 0.29) is 30.7 Å². The lowest BCUT2D eigenvalue weighted by atomic mass is 10.1. The van der Waals surface area contributed by atoms with Crippen molar-refractivity contribution in [2.24, 2.45) is 5.73 Å². The van der Waals surface area contributed by atoms with Gasteiger partial charge in [0.15, 0.2) is 0 Å². The maximum absolute atomic E-state index is 12.7. The molecule has 1 amide bonds. The van der Waals surface area contributed by atoms with E-state index in [1.807, 2.05) is 35.2 Å². The van der Waals surface area contributed by atoms with Crippen LogP contribution in [-0.4, -0.2) is 47.9 Å². The molecule has 2 unspecified atom stereocenters. The Morgan fingerprint density at radius 2 is 1.62 bits per heavy atom. The van der Waals surface area contributed by atoms with Crippen molar-refractivity contribution in [2.75, 3.05) is 26.2 Å². The molecule has 1 aromatic rings. The van der Waals surface area contributed by atoms with Crippen LogP contribution in [0.15, 0.2) is 30.3 Å². The molecule has 0 aromatic heterocycles. The summed E-state index contributed by atoms with van der Waals surface area (Å²) >= 11 is 0. The Labute approximate surface area is 157 Å². The average molecular weight is 374 g/mol. The van der Waals surface area contributed by atoms with Crippen molar-refractivity contribution in [1.29, 1.82) is 0 Å².